The standard InChI is InChI=1S/C19H22ClN3O2/c1-13-10-16(17(25-2)11-15(13)20)22-18-7-6-14(12-21-18)19(24)23-8-4-3-5-9-23/h6-7,10-12H,3-5,8-9H2,1-2H3,(H,21,22). The number of likely N-dealkylation sites (tertiary alicyclic amines) is 1. The number of piperidine rings is 1. The van der Waals surface area contributed by atoms with Crippen molar-refractivity contribution in [2.75, 3.05) is 25.5 Å². The first-order chi connectivity index (χ1) is 12.1. The summed E-state index contributed by atoms with van der Waals surface area (Å²) in [7, 11) is 1.60. The first-order valence-electron chi connectivity index (χ1n) is 8.45. The van der Waals surface area contributed by atoms with Crippen molar-refractivity contribution in [3.05, 3.63) is 46.6 Å². The number of aromatic nitrogens is 1. The lowest BCUT2D eigenvalue weighted by Gasteiger charge is -2.26. The van der Waals surface area contributed by atoms with E-state index < -0.39 is 0 Å². The monoisotopic (exact) mass is 359 g/mol. The summed E-state index contributed by atoms with van der Waals surface area (Å²) >= 11 is 6.13. The van der Waals surface area contributed by atoms with Gasteiger partial charge < -0.3 is 15.0 Å². The lowest BCUT2D eigenvalue weighted by atomic mass is 10.1. The third-order valence-corrected chi connectivity index (χ3v) is 4.80. The minimum atomic E-state index is 0.0543. The Morgan fingerprint density at radius 2 is 2.00 bits per heavy atom. The van der Waals surface area contributed by atoms with Gasteiger partial charge in [-0.3, -0.25) is 4.79 Å². The van der Waals surface area contributed by atoms with Gasteiger partial charge in [0.1, 0.15) is 11.6 Å². The zero-order chi connectivity index (χ0) is 17.8. The molecule has 0 radical (unpaired) electrons. The van der Waals surface area contributed by atoms with Gasteiger partial charge in [0.2, 0.25) is 0 Å². The molecular formula is C19H22ClN3O2. The van der Waals surface area contributed by atoms with E-state index in [1.165, 1.54) is 6.42 Å². The molecule has 1 aromatic heterocycles. The SMILES string of the molecule is COc1cc(Cl)c(C)cc1Nc1ccc(C(=O)N2CCCCC2)cn1. The fraction of sp³-hybridized carbons (Fsp3) is 0.368. The summed E-state index contributed by atoms with van der Waals surface area (Å²) in [6.07, 6.45) is 4.98. The van der Waals surface area contributed by atoms with Crippen LogP contribution in [0.3, 0.4) is 0 Å². The first-order valence-corrected chi connectivity index (χ1v) is 8.83. The number of rotatable bonds is 4. The lowest BCUT2D eigenvalue weighted by Crippen LogP contribution is -2.35. The van der Waals surface area contributed by atoms with E-state index in [4.69, 9.17) is 16.3 Å². The number of carbonyl (C=O) groups excluding carboxylic acids is 1. The van der Waals surface area contributed by atoms with Crippen LogP contribution in [0.25, 0.3) is 0 Å². The van der Waals surface area contributed by atoms with Crippen LogP contribution in [0.4, 0.5) is 11.5 Å². The highest BCUT2D eigenvalue weighted by molar-refractivity contribution is 6.31. The molecule has 1 amide bonds. The Balaban J connectivity index is 1.75. The third-order valence-electron chi connectivity index (χ3n) is 4.40. The molecule has 0 unspecified atom stereocenters. The second kappa shape index (κ2) is 7.74. The van der Waals surface area contributed by atoms with Crippen molar-refractivity contribution < 1.29 is 9.53 Å². The predicted octanol–water partition coefficient (Wildman–Crippen LogP) is 4.42. The number of amides is 1. The minimum absolute atomic E-state index is 0.0543. The number of nitrogens with zero attached hydrogens (tertiary/aromatic N) is 2. The number of hydrogen-bond acceptors (Lipinski definition) is 4. The van der Waals surface area contributed by atoms with Crippen LogP contribution in [0.1, 0.15) is 35.2 Å². The maximum absolute atomic E-state index is 12.5. The van der Waals surface area contributed by atoms with Gasteiger partial charge in [-0.15, -0.1) is 0 Å². The Labute approximate surface area is 153 Å². The third kappa shape index (κ3) is 4.04. The molecular weight excluding hydrogens is 338 g/mol. The molecule has 5 nitrogen and oxygen atoms in total. The molecule has 0 atom stereocenters. The number of pyridine rings is 1. The van der Waals surface area contributed by atoms with Crippen LogP contribution in [0.15, 0.2) is 30.5 Å². The van der Waals surface area contributed by atoms with Crippen LogP contribution in [-0.2, 0) is 0 Å². The van der Waals surface area contributed by atoms with Crippen molar-refractivity contribution in [3.63, 3.8) is 0 Å². The number of ether oxygens (including phenoxy) is 1. The van der Waals surface area contributed by atoms with Crippen LogP contribution in [0, 0.1) is 6.92 Å². The largest absolute Gasteiger partial charge is 0.495 e. The van der Waals surface area contributed by atoms with Crippen LogP contribution in [0.5, 0.6) is 5.75 Å². The van der Waals surface area contributed by atoms with Crippen LogP contribution in [-0.4, -0.2) is 36.0 Å². The molecule has 0 spiro atoms. The van der Waals surface area contributed by atoms with Crippen molar-refractivity contribution in [1.29, 1.82) is 0 Å². The summed E-state index contributed by atoms with van der Waals surface area (Å²) in [4.78, 5) is 18.8. The van der Waals surface area contributed by atoms with Crippen molar-refractivity contribution in [2.45, 2.75) is 26.2 Å². The number of carbonyl (C=O) groups is 1. The molecule has 25 heavy (non-hydrogen) atoms. The molecule has 1 fully saturated rings. The van der Waals surface area contributed by atoms with Gasteiger partial charge >= 0.3 is 0 Å². The normalized spacial score (nSPS) is 14.3. The van der Waals surface area contributed by atoms with Crippen LogP contribution in [0.2, 0.25) is 5.02 Å². The predicted molar refractivity (Wildman–Crippen MR) is 100 cm³/mol. The number of nitrogens with one attached hydrogen (secondary N) is 1. The number of hydrogen-bond donors (Lipinski definition) is 1. The van der Waals surface area contributed by atoms with Crippen molar-refractivity contribution in [3.8, 4) is 5.75 Å². The molecule has 1 aromatic carbocycles. The van der Waals surface area contributed by atoms with E-state index in [2.05, 4.69) is 10.3 Å². The average molecular weight is 360 g/mol. The van der Waals surface area contributed by atoms with E-state index in [-0.39, 0.29) is 5.91 Å². The Kier molecular flexibility index (Phi) is 5.43. The fourth-order valence-corrected chi connectivity index (χ4v) is 3.10. The molecule has 0 saturated carbocycles. The van der Waals surface area contributed by atoms with E-state index in [0.29, 0.717) is 22.2 Å². The Morgan fingerprint density at radius 3 is 2.64 bits per heavy atom. The summed E-state index contributed by atoms with van der Waals surface area (Å²) in [5.74, 6) is 1.35. The van der Waals surface area contributed by atoms with E-state index >= 15 is 0 Å². The summed E-state index contributed by atoms with van der Waals surface area (Å²) in [5, 5.41) is 3.87. The Morgan fingerprint density at radius 1 is 1.24 bits per heavy atom. The number of aryl methyl sites for hydroxylation is 1. The van der Waals surface area contributed by atoms with Crippen LogP contribution >= 0.6 is 11.6 Å². The Bertz CT molecular complexity index is 756. The van der Waals surface area contributed by atoms with E-state index in [9.17, 15) is 4.79 Å². The van der Waals surface area contributed by atoms with Gasteiger partial charge in [-0.05, 0) is 49.9 Å². The van der Waals surface area contributed by atoms with Gasteiger partial charge in [0, 0.05) is 30.4 Å². The first kappa shape index (κ1) is 17.5. The van der Waals surface area contributed by atoms with Crippen molar-refractivity contribution in [2.24, 2.45) is 0 Å². The molecule has 3 rings (SSSR count). The summed E-state index contributed by atoms with van der Waals surface area (Å²) in [6, 6.07) is 7.30. The highest BCUT2D eigenvalue weighted by Crippen LogP contribution is 2.32. The highest BCUT2D eigenvalue weighted by atomic mass is 35.5. The molecule has 1 N–H and O–H groups in total. The molecule has 1 aliphatic heterocycles. The van der Waals surface area contributed by atoms with Crippen molar-refractivity contribution in [1.82, 2.24) is 9.88 Å². The van der Waals surface area contributed by atoms with Gasteiger partial charge in [-0.1, -0.05) is 11.6 Å². The molecule has 2 aromatic rings. The van der Waals surface area contributed by atoms with Gasteiger partial charge in [0.15, 0.2) is 0 Å². The molecule has 6 heteroatoms. The summed E-state index contributed by atoms with van der Waals surface area (Å²) < 4.78 is 5.36. The number of benzene rings is 1. The van der Waals surface area contributed by atoms with Crippen LogP contribution < -0.4 is 10.1 Å². The zero-order valence-corrected chi connectivity index (χ0v) is 15.3. The molecule has 0 bridgehead atoms. The number of anilines is 2. The molecule has 132 valence electrons. The molecule has 1 aliphatic rings. The fourth-order valence-electron chi connectivity index (χ4n) is 2.94. The zero-order valence-electron chi connectivity index (χ0n) is 14.5. The van der Waals surface area contributed by atoms with E-state index in [0.717, 1.165) is 37.2 Å². The summed E-state index contributed by atoms with van der Waals surface area (Å²) in [6.45, 7) is 3.60. The van der Waals surface area contributed by atoms with Crippen molar-refractivity contribution >= 4 is 29.0 Å². The highest BCUT2D eigenvalue weighted by Gasteiger charge is 2.18. The lowest BCUT2D eigenvalue weighted by molar-refractivity contribution is 0.0724. The van der Waals surface area contributed by atoms with E-state index in [1.807, 2.05) is 24.0 Å². The average Bonchev–Trinajstić information content (AvgIpc) is 2.65. The molecule has 1 saturated heterocycles. The van der Waals surface area contributed by atoms with Gasteiger partial charge in [-0.25, -0.2) is 4.98 Å². The van der Waals surface area contributed by atoms with Gasteiger partial charge in [0.25, 0.3) is 5.91 Å². The smallest absolute Gasteiger partial charge is 0.255 e. The van der Waals surface area contributed by atoms with Gasteiger partial charge in [0.05, 0.1) is 18.4 Å². The maximum atomic E-state index is 12.5. The van der Waals surface area contributed by atoms with Gasteiger partial charge in [-0.2, -0.15) is 0 Å². The second-order valence-electron chi connectivity index (χ2n) is 6.21. The maximum Gasteiger partial charge on any atom is 0.255 e. The topological polar surface area (TPSA) is 54.5 Å². The number of methoxy groups -OCH3 is 1. The van der Waals surface area contributed by atoms with E-state index in [1.54, 1.807) is 25.4 Å². The molecule has 0 aliphatic carbocycles. The quantitative estimate of drug-likeness (QED) is 0.877. The minimum Gasteiger partial charge on any atom is -0.495 e. The Hall–Kier alpha value is -2.27. The summed E-state index contributed by atoms with van der Waals surface area (Å²) in [5.41, 5.74) is 2.35. The second-order valence-corrected chi connectivity index (χ2v) is 6.62. The number of halogens is 1. The molecule has 2 heterocycles.